The molecule has 3 aromatic rings. The van der Waals surface area contributed by atoms with Crippen LogP contribution in [0.25, 0.3) is 16.9 Å². The first kappa shape index (κ1) is 29.1. The Kier molecular flexibility index (Phi) is 7.02. The normalized spacial score (nSPS) is 24.6. The molecule has 1 heterocycles. The van der Waals surface area contributed by atoms with Crippen molar-refractivity contribution >= 4 is 28.9 Å². The first-order valence-electron chi connectivity index (χ1n) is 14.2. The van der Waals surface area contributed by atoms with Gasteiger partial charge in [0.15, 0.2) is 11.4 Å². The molecule has 226 valence electrons. The molecule has 0 unspecified atom stereocenters. The van der Waals surface area contributed by atoms with Crippen LogP contribution in [0.5, 0.6) is 5.75 Å². The first-order valence-corrected chi connectivity index (χ1v) is 14.2. The molecule has 1 fully saturated rings. The fourth-order valence-electron chi connectivity index (χ4n) is 6.99. The summed E-state index contributed by atoms with van der Waals surface area (Å²) in [6.45, 7) is 0.575. The number of carbonyl (C=O) groups excluding carboxylic acids is 3. The lowest BCUT2D eigenvalue weighted by atomic mass is 9.57. The zero-order valence-corrected chi connectivity index (χ0v) is 24.1. The molecule has 7 N–H and O–H groups in total. The van der Waals surface area contributed by atoms with Crippen molar-refractivity contribution in [1.82, 2.24) is 9.88 Å². The molecule has 44 heavy (non-hydrogen) atoms. The molecule has 0 radical (unpaired) electrons. The number of fused-ring (bicyclic) bond motifs is 3. The lowest BCUT2D eigenvalue weighted by Crippen LogP contribution is -2.65. The van der Waals surface area contributed by atoms with E-state index in [0.717, 1.165) is 22.4 Å². The number of anilines is 1. The fraction of sp³-hybridized carbons (Fsp3) is 0.273. The van der Waals surface area contributed by atoms with Crippen LogP contribution in [0, 0.1) is 11.8 Å². The zero-order chi connectivity index (χ0) is 31.5. The Morgan fingerprint density at radius 1 is 1.09 bits per heavy atom. The van der Waals surface area contributed by atoms with Crippen LogP contribution >= 0.6 is 0 Å². The SMILES string of the molecule is CN(C)[C@H]1C(=O)C(C(N)=O)=C(O)[C@@]2(O)C(=O)C3=C(O)c4c(O)ccc(-c5ccc(CNc6cccnc6)cc5)c4C[C@H]3C[C@@H]12. The third kappa shape index (κ3) is 4.35. The Morgan fingerprint density at radius 2 is 1.82 bits per heavy atom. The number of nitrogens with zero attached hydrogens (tertiary/aromatic N) is 2. The lowest BCUT2D eigenvalue weighted by Gasteiger charge is -2.50. The summed E-state index contributed by atoms with van der Waals surface area (Å²) in [6.07, 6.45) is 3.68. The van der Waals surface area contributed by atoms with Crippen LogP contribution < -0.4 is 11.1 Å². The minimum absolute atomic E-state index is 0.0276. The number of phenolic OH excluding ortho intramolecular Hbond substituents is 1. The highest BCUT2D eigenvalue weighted by molar-refractivity contribution is 6.24. The standard InChI is InChI=1S/C33H32N4O7/c1-37(2)27-22-13-18-12-21-20(17-7-5-16(6-8-17)14-36-19-4-3-11-35-15-19)9-10-23(38)25(21)28(39)24(18)30(41)33(22,44)31(42)26(29(27)40)32(34)43/h3-11,15,18,22,27,36,38-39,42,44H,12-14H2,1-2H3,(H2,34,43)/t18-,22-,27+,33-/m0/s1. The first-order chi connectivity index (χ1) is 20.9. The minimum Gasteiger partial charge on any atom is -0.508 e. The highest BCUT2D eigenvalue weighted by Gasteiger charge is 2.64. The van der Waals surface area contributed by atoms with Crippen LogP contribution in [-0.4, -0.2) is 73.5 Å². The van der Waals surface area contributed by atoms with Crippen molar-refractivity contribution in [3.8, 4) is 16.9 Å². The van der Waals surface area contributed by atoms with Crippen molar-refractivity contribution in [2.24, 2.45) is 17.6 Å². The van der Waals surface area contributed by atoms with Crippen molar-refractivity contribution in [3.05, 3.63) is 94.5 Å². The number of benzene rings is 2. The highest BCUT2D eigenvalue weighted by atomic mass is 16.3. The second-order valence-electron chi connectivity index (χ2n) is 11.7. The molecule has 0 aliphatic heterocycles. The third-order valence-corrected chi connectivity index (χ3v) is 9.03. The molecule has 0 bridgehead atoms. The number of aromatic nitrogens is 1. The number of hydrogen-bond acceptors (Lipinski definition) is 10. The van der Waals surface area contributed by atoms with Gasteiger partial charge in [-0.05, 0) is 73.3 Å². The van der Waals surface area contributed by atoms with Gasteiger partial charge in [-0.15, -0.1) is 0 Å². The number of aliphatic hydroxyl groups excluding tert-OH is 2. The number of amides is 1. The van der Waals surface area contributed by atoms with E-state index in [9.17, 15) is 34.8 Å². The average molecular weight is 597 g/mol. The molecule has 3 aliphatic rings. The maximum Gasteiger partial charge on any atom is 0.255 e. The molecule has 1 aromatic heterocycles. The number of likely N-dealkylation sites (N-methyl/N-ethyl adjacent to an activating group) is 1. The van der Waals surface area contributed by atoms with E-state index in [1.54, 1.807) is 32.6 Å². The predicted molar refractivity (Wildman–Crippen MR) is 161 cm³/mol. The van der Waals surface area contributed by atoms with Gasteiger partial charge in [0.2, 0.25) is 5.78 Å². The van der Waals surface area contributed by atoms with E-state index in [0.29, 0.717) is 12.1 Å². The van der Waals surface area contributed by atoms with Crippen LogP contribution in [0.1, 0.15) is 23.1 Å². The van der Waals surface area contributed by atoms with Gasteiger partial charge < -0.3 is 31.5 Å². The number of ketones is 2. The summed E-state index contributed by atoms with van der Waals surface area (Å²) in [7, 11) is 3.14. The van der Waals surface area contributed by atoms with Gasteiger partial charge in [0.1, 0.15) is 22.8 Å². The van der Waals surface area contributed by atoms with E-state index in [-0.39, 0.29) is 29.7 Å². The minimum atomic E-state index is -2.67. The Balaban J connectivity index is 1.41. The maximum absolute atomic E-state index is 14.0. The van der Waals surface area contributed by atoms with Crippen molar-refractivity contribution in [3.63, 3.8) is 0 Å². The third-order valence-electron chi connectivity index (χ3n) is 9.03. The Hall–Kier alpha value is -5.00. The Bertz CT molecular complexity index is 1760. The second kappa shape index (κ2) is 10.6. The van der Waals surface area contributed by atoms with Gasteiger partial charge in [-0.3, -0.25) is 24.3 Å². The maximum atomic E-state index is 14.0. The summed E-state index contributed by atoms with van der Waals surface area (Å²) in [6, 6.07) is 13.6. The molecule has 0 spiro atoms. The van der Waals surface area contributed by atoms with Gasteiger partial charge in [0.25, 0.3) is 5.91 Å². The molecular formula is C33H32N4O7. The van der Waals surface area contributed by atoms with E-state index in [1.807, 2.05) is 36.4 Å². The summed E-state index contributed by atoms with van der Waals surface area (Å²) >= 11 is 0. The smallest absolute Gasteiger partial charge is 0.255 e. The van der Waals surface area contributed by atoms with E-state index in [1.165, 1.54) is 11.0 Å². The number of pyridine rings is 1. The second-order valence-corrected chi connectivity index (χ2v) is 11.7. The van der Waals surface area contributed by atoms with E-state index in [4.69, 9.17) is 5.73 Å². The molecule has 2 aromatic carbocycles. The fourth-order valence-corrected chi connectivity index (χ4v) is 6.99. The molecule has 1 saturated carbocycles. The number of aliphatic hydroxyl groups is 3. The number of rotatable bonds is 6. The Morgan fingerprint density at radius 3 is 2.45 bits per heavy atom. The van der Waals surface area contributed by atoms with Crippen LogP contribution in [0.2, 0.25) is 0 Å². The number of aromatic hydroxyl groups is 1. The molecule has 6 rings (SSSR count). The van der Waals surface area contributed by atoms with Crippen LogP contribution in [-0.2, 0) is 27.3 Å². The van der Waals surface area contributed by atoms with Gasteiger partial charge in [0, 0.05) is 30.4 Å². The summed E-state index contributed by atoms with van der Waals surface area (Å²) < 4.78 is 0. The monoisotopic (exact) mass is 596 g/mol. The number of phenols is 1. The number of carbonyl (C=O) groups is 3. The molecule has 11 heteroatoms. The molecule has 0 saturated heterocycles. The summed E-state index contributed by atoms with van der Waals surface area (Å²) in [4.78, 5) is 45.1. The van der Waals surface area contributed by atoms with Gasteiger partial charge in [-0.2, -0.15) is 0 Å². The van der Waals surface area contributed by atoms with Gasteiger partial charge in [0.05, 0.1) is 17.3 Å². The molecule has 3 aliphatic carbocycles. The summed E-state index contributed by atoms with van der Waals surface area (Å²) in [5, 5.41) is 48.4. The van der Waals surface area contributed by atoms with Crippen molar-refractivity contribution in [1.29, 1.82) is 0 Å². The highest BCUT2D eigenvalue weighted by Crippen LogP contribution is 2.53. The number of hydrogen-bond donors (Lipinski definition) is 6. The lowest BCUT2D eigenvalue weighted by molar-refractivity contribution is -0.153. The van der Waals surface area contributed by atoms with Gasteiger partial charge in [-0.1, -0.05) is 30.3 Å². The topological polar surface area (TPSA) is 186 Å². The number of Topliss-reactive ketones (excluding diaryl/α,β-unsaturated/α-hetero) is 2. The van der Waals surface area contributed by atoms with E-state index in [2.05, 4.69) is 10.3 Å². The van der Waals surface area contributed by atoms with E-state index < -0.39 is 58.0 Å². The van der Waals surface area contributed by atoms with Crippen molar-refractivity contribution in [2.45, 2.75) is 31.0 Å². The quantitative estimate of drug-likeness (QED) is 0.231. The molecule has 1 amide bonds. The van der Waals surface area contributed by atoms with Crippen LogP contribution in [0.15, 0.2) is 77.8 Å². The zero-order valence-electron chi connectivity index (χ0n) is 24.1. The summed E-state index contributed by atoms with van der Waals surface area (Å²) in [5.74, 6) is -6.75. The molecule has 11 nitrogen and oxygen atoms in total. The predicted octanol–water partition coefficient (Wildman–Crippen LogP) is 2.64. The molecular weight excluding hydrogens is 564 g/mol. The van der Waals surface area contributed by atoms with Crippen molar-refractivity contribution < 1.29 is 34.8 Å². The summed E-state index contributed by atoms with van der Waals surface area (Å²) in [5.41, 5.74) is 5.84. The van der Waals surface area contributed by atoms with Gasteiger partial charge >= 0.3 is 0 Å². The Labute approximate surface area is 253 Å². The number of primary amides is 1. The molecule has 4 atom stereocenters. The number of nitrogens with two attached hydrogens (primary N) is 1. The van der Waals surface area contributed by atoms with Crippen LogP contribution in [0.4, 0.5) is 5.69 Å². The number of nitrogens with one attached hydrogen (secondary N) is 1. The van der Waals surface area contributed by atoms with Gasteiger partial charge in [-0.25, -0.2) is 0 Å². The average Bonchev–Trinajstić information content (AvgIpc) is 2.98. The largest absolute Gasteiger partial charge is 0.508 e. The van der Waals surface area contributed by atoms with Crippen molar-refractivity contribution in [2.75, 3.05) is 19.4 Å². The van der Waals surface area contributed by atoms with Crippen LogP contribution in [0.3, 0.4) is 0 Å². The van der Waals surface area contributed by atoms with E-state index >= 15 is 0 Å².